The molecule has 1 aliphatic heterocycles. The van der Waals surface area contributed by atoms with Crippen molar-refractivity contribution in [3.8, 4) is 28.6 Å². The quantitative estimate of drug-likeness (QED) is 0.921. The van der Waals surface area contributed by atoms with Gasteiger partial charge >= 0.3 is 0 Å². The van der Waals surface area contributed by atoms with Crippen molar-refractivity contribution in [3.05, 3.63) is 36.4 Å². The van der Waals surface area contributed by atoms with E-state index >= 15 is 0 Å². The summed E-state index contributed by atoms with van der Waals surface area (Å²) in [6, 6.07) is 10.9. The van der Waals surface area contributed by atoms with Crippen molar-refractivity contribution in [1.82, 2.24) is 4.98 Å². The normalized spacial score (nSPS) is 16.3. The Morgan fingerprint density at radius 1 is 1.33 bits per heavy atom. The van der Waals surface area contributed by atoms with Crippen LogP contribution in [0, 0.1) is 0 Å². The first kappa shape index (κ1) is 13.2. The second-order valence-corrected chi connectivity index (χ2v) is 4.52. The largest absolute Gasteiger partial charge is 0.485 e. The van der Waals surface area contributed by atoms with Crippen molar-refractivity contribution in [3.63, 3.8) is 0 Å². The van der Waals surface area contributed by atoms with Gasteiger partial charge in [0.2, 0.25) is 12.0 Å². The zero-order valence-electron chi connectivity index (χ0n) is 11.4. The molecule has 0 aliphatic carbocycles. The Kier molecular flexibility index (Phi) is 3.35. The molecule has 0 fully saturated rings. The molecule has 1 aromatic carbocycles. The van der Waals surface area contributed by atoms with E-state index < -0.39 is 12.0 Å². The van der Waals surface area contributed by atoms with Gasteiger partial charge in [-0.2, -0.15) is 0 Å². The number of nitrogens with two attached hydrogens (primary N) is 1. The van der Waals surface area contributed by atoms with E-state index in [1.54, 1.807) is 19.2 Å². The Morgan fingerprint density at radius 2 is 2.14 bits per heavy atom. The van der Waals surface area contributed by atoms with Gasteiger partial charge in [-0.1, -0.05) is 12.1 Å². The minimum atomic E-state index is -0.802. The molecule has 1 aliphatic rings. The molecule has 108 valence electrons. The summed E-state index contributed by atoms with van der Waals surface area (Å²) in [5.74, 6) is 0.963. The fourth-order valence-corrected chi connectivity index (χ4v) is 2.11. The van der Waals surface area contributed by atoms with Gasteiger partial charge < -0.3 is 19.9 Å². The molecular weight excluding hydrogens is 272 g/mol. The predicted molar refractivity (Wildman–Crippen MR) is 75.3 cm³/mol. The van der Waals surface area contributed by atoms with Crippen LogP contribution in [0.4, 0.5) is 0 Å². The van der Waals surface area contributed by atoms with Gasteiger partial charge in [0.1, 0.15) is 6.61 Å². The average molecular weight is 286 g/mol. The number of ether oxygens (including phenoxy) is 3. The number of primary amides is 1. The highest BCUT2D eigenvalue weighted by Crippen LogP contribution is 2.40. The summed E-state index contributed by atoms with van der Waals surface area (Å²) >= 11 is 0. The first-order valence-electron chi connectivity index (χ1n) is 6.42. The fourth-order valence-electron chi connectivity index (χ4n) is 2.11. The maximum absolute atomic E-state index is 11.3. The Balaban J connectivity index is 2.06. The Hall–Kier alpha value is -2.76. The van der Waals surface area contributed by atoms with Gasteiger partial charge in [-0.05, 0) is 18.2 Å². The van der Waals surface area contributed by atoms with E-state index in [1.165, 1.54) is 0 Å². The average Bonchev–Trinajstić information content (AvgIpc) is 2.53. The number of nitrogens with zero attached hydrogens (tertiary/aromatic N) is 1. The van der Waals surface area contributed by atoms with Gasteiger partial charge in [0.05, 0.1) is 12.8 Å². The third-order valence-electron chi connectivity index (χ3n) is 3.16. The summed E-state index contributed by atoms with van der Waals surface area (Å²) in [5.41, 5.74) is 6.67. The molecule has 0 radical (unpaired) electrons. The summed E-state index contributed by atoms with van der Waals surface area (Å²) in [5, 5.41) is 0. The maximum atomic E-state index is 11.3. The summed E-state index contributed by atoms with van der Waals surface area (Å²) in [6.45, 7) is 0.108. The van der Waals surface area contributed by atoms with Crippen molar-refractivity contribution >= 4 is 5.91 Å². The molecule has 1 unspecified atom stereocenters. The summed E-state index contributed by atoms with van der Waals surface area (Å²) in [6.07, 6.45) is -0.802. The highest BCUT2D eigenvalue weighted by atomic mass is 16.6. The summed E-state index contributed by atoms with van der Waals surface area (Å²) in [4.78, 5) is 15.7. The molecule has 3 rings (SSSR count). The third-order valence-corrected chi connectivity index (χ3v) is 3.16. The van der Waals surface area contributed by atoms with E-state index in [2.05, 4.69) is 4.98 Å². The molecule has 2 N–H and O–H groups in total. The molecule has 0 saturated heterocycles. The molecular formula is C15H14N2O4. The van der Waals surface area contributed by atoms with Crippen LogP contribution in [0.1, 0.15) is 0 Å². The number of amides is 1. The van der Waals surface area contributed by atoms with E-state index in [4.69, 9.17) is 19.9 Å². The number of fused-ring (bicyclic) bond motifs is 1. The van der Waals surface area contributed by atoms with Gasteiger partial charge in [-0.15, -0.1) is 0 Å². The zero-order chi connectivity index (χ0) is 14.8. The summed E-state index contributed by atoms with van der Waals surface area (Å²) in [7, 11) is 1.55. The Labute approximate surface area is 121 Å². The van der Waals surface area contributed by atoms with Gasteiger partial charge in [0, 0.05) is 11.6 Å². The van der Waals surface area contributed by atoms with E-state index in [-0.39, 0.29) is 6.61 Å². The zero-order valence-corrected chi connectivity index (χ0v) is 11.4. The van der Waals surface area contributed by atoms with Crippen molar-refractivity contribution in [2.45, 2.75) is 6.10 Å². The van der Waals surface area contributed by atoms with Crippen LogP contribution in [0.3, 0.4) is 0 Å². The Bertz CT molecular complexity index is 687. The van der Waals surface area contributed by atoms with Crippen LogP contribution in [0.15, 0.2) is 36.4 Å². The highest BCUT2D eigenvalue weighted by molar-refractivity contribution is 5.81. The molecule has 21 heavy (non-hydrogen) atoms. The SMILES string of the molecule is COc1cccc(-c2cccc3c2OC(C(N)=O)CO3)n1. The van der Waals surface area contributed by atoms with Crippen LogP contribution in [-0.2, 0) is 4.79 Å². The minimum Gasteiger partial charge on any atom is -0.485 e. The van der Waals surface area contributed by atoms with Gasteiger partial charge in [-0.3, -0.25) is 4.79 Å². The first-order valence-corrected chi connectivity index (χ1v) is 6.42. The molecule has 0 saturated carbocycles. The van der Waals surface area contributed by atoms with Crippen LogP contribution >= 0.6 is 0 Å². The van der Waals surface area contributed by atoms with Crippen LogP contribution in [-0.4, -0.2) is 30.7 Å². The topological polar surface area (TPSA) is 83.7 Å². The molecule has 2 heterocycles. The number of aromatic nitrogens is 1. The molecule has 1 amide bonds. The first-order chi connectivity index (χ1) is 10.2. The number of rotatable bonds is 3. The van der Waals surface area contributed by atoms with E-state index in [9.17, 15) is 4.79 Å². The maximum Gasteiger partial charge on any atom is 0.262 e. The number of methoxy groups -OCH3 is 1. The number of pyridine rings is 1. The summed E-state index contributed by atoms with van der Waals surface area (Å²) < 4.78 is 16.3. The molecule has 1 aromatic heterocycles. The smallest absolute Gasteiger partial charge is 0.262 e. The monoisotopic (exact) mass is 286 g/mol. The lowest BCUT2D eigenvalue weighted by molar-refractivity contribution is -0.126. The molecule has 2 aromatic rings. The van der Waals surface area contributed by atoms with Crippen molar-refractivity contribution in [2.24, 2.45) is 5.73 Å². The predicted octanol–water partition coefficient (Wildman–Crippen LogP) is 1.38. The van der Waals surface area contributed by atoms with Crippen LogP contribution in [0.5, 0.6) is 17.4 Å². The highest BCUT2D eigenvalue weighted by Gasteiger charge is 2.28. The van der Waals surface area contributed by atoms with Crippen molar-refractivity contribution in [2.75, 3.05) is 13.7 Å². The second kappa shape index (κ2) is 5.32. The lowest BCUT2D eigenvalue weighted by Gasteiger charge is -2.26. The van der Waals surface area contributed by atoms with E-state index in [0.717, 1.165) is 5.56 Å². The second-order valence-electron chi connectivity index (χ2n) is 4.52. The van der Waals surface area contributed by atoms with Crippen LogP contribution in [0.25, 0.3) is 11.3 Å². The molecule has 6 heteroatoms. The number of carbonyl (C=O) groups excluding carboxylic acids is 1. The van der Waals surface area contributed by atoms with Gasteiger partial charge in [-0.25, -0.2) is 4.98 Å². The number of hydrogen-bond acceptors (Lipinski definition) is 5. The number of hydrogen-bond donors (Lipinski definition) is 1. The Morgan fingerprint density at radius 3 is 2.90 bits per heavy atom. The van der Waals surface area contributed by atoms with Crippen LogP contribution < -0.4 is 19.9 Å². The van der Waals surface area contributed by atoms with Crippen LogP contribution in [0.2, 0.25) is 0 Å². The fraction of sp³-hybridized carbons (Fsp3) is 0.200. The number of benzene rings is 1. The van der Waals surface area contributed by atoms with E-state index in [1.807, 2.05) is 24.3 Å². The van der Waals surface area contributed by atoms with E-state index in [0.29, 0.717) is 23.1 Å². The van der Waals surface area contributed by atoms with Crippen molar-refractivity contribution in [1.29, 1.82) is 0 Å². The minimum absolute atomic E-state index is 0.108. The number of para-hydroxylation sites is 1. The van der Waals surface area contributed by atoms with Crippen molar-refractivity contribution < 1.29 is 19.0 Å². The number of carbonyl (C=O) groups is 1. The van der Waals surface area contributed by atoms with Gasteiger partial charge in [0.15, 0.2) is 11.5 Å². The lowest BCUT2D eigenvalue weighted by atomic mass is 10.1. The standard InChI is InChI=1S/C15H14N2O4/c1-19-13-7-3-5-10(17-13)9-4-2-6-11-14(9)21-12(8-20-11)15(16)18/h2-7,12H,8H2,1H3,(H2,16,18). The van der Waals surface area contributed by atoms with Gasteiger partial charge in [0.25, 0.3) is 5.91 Å². The lowest BCUT2D eigenvalue weighted by Crippen LogP contribution is -2.41. The molecule has 0 spiro atoms. The molecule has 1 atom stereocenters. The molecule has 6 nitrogen and oxygen atoms in total. The third kappa shape index (κ3) is 2.47. The molecule has 0 bridgehead atoms.